The lowest BCUT2D eigenvalue weighted by Gasteiger charge is -2.01. The zero-order valence-electron chi connectivity index (χ0n) is 14.3. The summed E-state index contributed by atoms with van der Waals surface area (Å²) >= 11 is 0. The highest BCUT2D eigenvalue weighted by molar-refractivity contribution is 5.69. The molecule has 0 saturated heterocycles. The third-order valence-electron chi connectivity index (χ3n) is 2.20. The van der Waals surface area contributed by atoms with Crippen LogP contribution in [0.2, 0.25) is 0 Å². The van der Waals surface area contributed by atoms with Crippen molar-refractivity contribution in [1.82, 2.24) is 0 Å². The van der Waals surface area contributed by atoms with Crippen LogP contribution in [0.4, 0.5) is 0 Å². The van der Waals surface area contributed by atoms with Gasteiger partial charge in [0.25, 0.3) is 0 Å². The van der Waals surface area contributed by atoms with Gasteiger partial charge in [-0.1, -0.05) is 31.8 Å². The summed E-state index contributed by atoms with van der Waals surface area (Å²) in [7, 11) is 0. The Balaban J connectivity index is 3.67. The van der Waals surface area contributed by atoms with Gasteiger partial charge in [-0.2, -0.15) is 0 Å². The van der Waals surface area contributed by atoms with Crippen molar-refractivity contribution in [1.29, 1.82) is 0 Å². The van der Waals surface area contributed by atoms with Gasteiger partial charge in [0.05, 0.1) is 9.30 Å². The zero-order valence-corrected chi connectivity index (χ0v) is 9.26. The summed E-state index contributed by atoms with van der Waals surface area (Å²) in [4.78, 5) is 11.4. The monoisotopic (exact) mass is 217 g/mol. The molecule has 0 aromatic rings. The molecule has 0 amide bonds. The minimum atomic E-state index is -2.95. The Bertz CT molecular complexity index is 300. The lowest BCUT2D eigenvalue weighted by Crippen LogP contribution is -2.03. The van der Waals surface area contributed by atoms with Crippen molar-refractivity contribution in [3.8, 4) is 0 Å². The number of allylic oxidation sites excluding steroid dienone is 1. The van der Waals surface area contributed by atoms with Crippen LogP contribution in [-0.4, -0.2) is 12.5 Å². The molecule has 0 heterocycles. The SMILES string of the molecule is [2H]C([2H])([2H])C([2H])([2H])OC(=O)CCCCCCCCC=C. The van der Waals surface area contributed by atoms with Crippen LogP contribution in [0.3, 0.4) is 0 Å². The van der Waals surface area contributed by atoms with E-state index < -0.39 is 19.4 Å². The molecule has 0 unspecified atom stereocenters. The van der Waals surface area contributed by atoms with Crippen molar-refractivity contribution < 1.29 is 16.4 Å². The molecule has 0 fully saturated rings. The molecule has 2 nitrogen and oxygen atoms in total. The molecular weight excluding hydrogens is 188 g/mol. The van der Waals surface area contributed by atoms with Crippen molar-refractivity contribution in [3.63, 3.8) is 0 Å². The smallest absolute Gasteiger partial charge is 0.305 e. The molecule has 0 spiro atoms. The fourth-order valence-electron chi connectivity index (χ4n) is 1.37. The summed E-state index contributed by atoms with van der Waals surface area (Å²) in [6.45, 7) is -2.21. The van der Waals surface area contributed by atoms with Gasteiger partial charge in [-0.3, -0.25) is 4.79 Å². The van der Waals surface area contributed by atoms with E-state index >= 15 is 0 Å². The maximum Gasteiger partial charge on any atom is 0.305 e. The van der Waals surface area contributed by atoms with Crippen LogP contribution in [-0.2, 0) is 9.53 Å². The second kappa shape index (κ2) is 11.3. The fraction of sp³-hybridized carbons (Fsp3) is 0.769. The fourth-order valence-corrected chi connectivity index (χ4v) is 1.37. The summed E-state index contributed by atoms with van der Waals surface area (Å²) in [5.41, 5.74) is 0. The van der Waals surface area contributed by atoms with Crippen molar-refractivity contribution >= 4 is 5.97 Å². The van der Waals surface area contributed by atoms with Crippen molar-refractivity contribution in [3.05, 3.63) is 12.7 Å². The summed E-state index contributed by atoms with van der Waals surface area (Å²) in [6, 6.07) is 0. The van der Waals surface area contributed by atoms with Gasteiger partial charge in [0, 0.05) is 10.5 Å². The Kier molecular flexibility index (Phi) is 5.63. The highest BCUT2D eigenvalue weighted by atomic mass is 16.5. The number of unbranched alkanes of at least 4 members (excludes halogenated alkanes) is 6. The molecule has 0 saturated carbocycles. The number of esters is 1. The van der Waals surface area contributed by atoms with Crippen molar-refractivity contribution in [2.45, 2.75) is 58.2 Å². The highest BCUT2D eigenvalue weighted by Gasteiger charge is 2.00. The van der Waals surface area contributed by atoms with E-state index in [9.17, 15) is 4.79 Å². The quantitative estimate of drug-likeness (QED) is 0.315. The minimum absolute atomic E-state index is 0.0578. The molecule has 0 aliphatic carbocycles. The molecule has 0 bridgehead atoms. The lowest BCUT2D eigenvalue weighted by molar-refractivity contribution is -0.143. The number of hydrogen-bond acceptors (Lipinski definition) is 2. The molecule has 0 radical (unpaired) electrons. The van der Waals surface area contributed by atoms with Gasteiger partial charge >= 0.3 is 5.97 Å². The number of carbonyl (C=O) groups excluding carboxylic acids is 1. The van der Waals surface area contributed by atoms with E-state index in [-0.39, 0.29) is 6.42 Å². The first-order valence-electron chi connectivity index (χ1n) is 8.03. The molecule has 0 aromatic heterocycles. The Hall–Kier alpha value is -0.790. The third-order valence-corrected chi connectivity index (χ3v) is 2.20. The Labute approximate surface area is 101 Å². The zero-order chi connectivity index (χ0) is 15.6. The molecule has 0 atom stereocenters. The van der Waals surface area contributed by atoms with E-state index in [0.29, 0.717) is 6.42 Å². The standard InChI is InChI=1S/C13H24O2/c1-3-5-6-7-8-9-10-11-12-13(14)15-4-2/h3H,1,4-12H2,2H3/i2D3,4D2. The van der Waals surface area contributed by atoms with Gasteiger partial charge in [-0.25, -0.2) is 0 Å². The van der Waals surface area contributed by atoms with E-state index in [2.05, 4.69) is 11.3 Å². The van der Waals surface area contributed by atoms with Crippen LogP contribution < -0.4 is 0 Å². The van der Waals surface area contributed by atoms with Gasteiger partial charge < -0.3 is 4.74 Å². The number of hydrogen-bond donors (Lipinski definition) is 0. The molecule has 0 N–H and O–H groups in total. The first kappa shape index (κ1) is 7.48. The summed E-state index contributed by atoms with van der Waals surface area (Å²) in [5.74, 6) is -0.794. The molecular formula is C13H24O2. The second-order valence-electron chi connectivity index (χ2n) is 3.52. The molecule has 0 aromatic carbocycles. The topological polar surface area (TPSA) is 26.3 Å². The van der Waals surface area contributed by atoms with Crippen molar-refractivity contribution in [2.24, 2.45) is 0 Å². The molecule has 2 heteroatoms. The normalized spacial score (nSPS) is 16.7. The van der Waals surface area contributed by atoms with Gasteiger partial charge in [0.2, 0.25) is 0 Å². The average molecular weight is 217 g/mol. The van der Waals surface area contributed by atoms with Crippen LogP contribution in [0.5, 0.6) is 0 Å². The van der Waals surface area contributed by atoms with E-state index in [4.69, 9.17) is 6.85 Å². The number of ether oxygens (including phenoxy) is 1. The van der Waals surface area contributed by atoms with E-state index in [1.165, 1.54) is 0 Å². The predicted octanol–water partition coefficient (Wildman–Crippen LogP) is 3.86. The van der Waals surface area contributed by atoms with Crippen LogP contribution >= 0.6 is 0 Å². The largest absolute Gasteiger partial charge is 0.466 e. The van der Waals surface area contributed by atoms with Gasteiger partial charge in [0.1, 0.15) is 0 Å². The summed E-state index contributed by atoms with van der Waals surface area (Å²) in [5, 5.41) is 0. The van der Waals surface area contributed by atoms with Crippen LogP contribution in [0.1, 0.15) is 65.1 Å². The third kappa shape index (κ3) is 11.1. The molecule has 0 aliphatic heterocycles. The predicted molar refractivity (Wildman–Crippen MR) is 63.8 cm³/mol. The van der Waals surface area contributed by atoms with E-state index in [0.717, 1.165) is 38.5 Å². The maximum absolute atomic E-state index is 11.4. The molecule has 15 heavy (non-hydrogen) atoms. The molecule has 0 aliphatic rings. The van der Waals surface area contributed by atoms with Crippen molar-refractivity contribution in [2.75, 3.05) is 6.56 Å². The first-order valence-corrected chi connectivity index (χ1v) is 5.53. The van der Waals surface area contributed by atoms with Gasteiger partial charge in [-0.05, 0) is 26.1 Å². The van der Waals surface area contributed by atoms with E-state index in [1.807, 2.05) is 6.08 Å². The summed E-state index contributed by atoms with van der Waals surface area (Å²) < 4.78 is 39.5. The van der Waals surface area contributed by atoms with Crippen LogP contribution in [0.25, 0.3) is 0 Å². The Morgan fingerprint density at radius 1 is 1.33 bits per heavy atom. The Morgan fingerprint density at radius 3 is 2.67 bits per heavy atom. The van der Waals surface area contributed by atoms with Crippen LogP contribution in [0, 0.1) is 0 Å². The second-order valence-corrected chi connectivity index (χ2v) is 3.52. The number of carbonyl (C=O) groups is 1. The van der Waals surface area contributed by atoms with Crippen LogP contribution in [0.15, 0.2) is 12.7 Å². The van der Waals surface area contributed by atoms with Gasteiger partial charge in [-0.15, -0.1) is 6.58 Å². The molecule has 0 rings (SSSR count). The summed E-state index contributed by atoms with van der Waals surface area (Å²) in [6.07, 6.45) is 8.81. The number of rotatable bonds is 10. The highest BCUT2D eigenvalue weighted by Crippen LogP contribution is 2.09. The average Bonchev–Trinajstić information content (AvgIpc) is 2.30. The molecule has 88 valence electrons. The maximum atomic E-state index is 11.4. The Morgan fingerprint density at radius 2 is 2.00 bits per heavy atom. The lowest BCUT2D eigenvalue weighted by atomic mass is 10.1. The first-order chi connectivity index (χ1) is 9.20. The minimum Gasteiger partial charge on any atom is -0.466 e. The van der Waals surface area contributed by atoms with E-state index in [1.54, 1.807) is 0 Å². The van der Waals surface area contributed by atoms with Gasteiger partial charge in [0.15, 0.2) is 0 Å².